The van der Waals surface area contributed by atoms with Crippen LogP contribution in [0.15, 0.2) is 0 Å². The maximum atomic E-state index is 9.89. The fraction of sp³-hybridized carbons (Fsp3) is 0.750. The molecular formula is C4H11NO4S. The summed E-state index contributed by atoms with van der Waals surface area (Å²) in [5, 5.41) is 8.12. The lowest BCUT2D eigenvalue weighted by Gasteiger charge is -2.27. The number of carboxylic acid groups (broad SMARTS) is 1. The Morgan fingerprint density at radius 1 is 1.60 bits per heavy atom. The number of carboxylic acids is 1. The van der Waals surface area contributed by atoms with E-state index in [-0.39, 0.29) is 13.0 Å². The fourth-order valence-corrected chi connectivity index (χ4v) is 0.840. The molecule has 6 heteroatoms. The average Bonchev–Trinajstić information content (AvgIpc) is 1.59. The van der Waals surface area contributed by atoms with Crippen molar-refractivity contribution < 1.29 is 19.0 Å². The Bertz CT molecular complexity index is 121. The van der Waals surface area contributed by atoms with Crippen LogP contribution in [0, 0.1) is 0 Å². The van der Waals surface area contributed by atoms with Gasteiger partial charge in [-0.25, -0.2) is 4.72 Å². The molecular weight excluding hydrogens is 158 g/mol. The smallest absolute Gasteiger partial charge is 0.304 e. The molecule has 4 N–H and O–H groups in total. The summed E-state index contributed by atoms with van der Waals surface area (Å²) in [6.45, 7) is 0.0775. The van der Waals surface area contributed by atoms with Crippen molar-refractivity contribution in [2.45, 2.75) is 6.42 Å². The number of hydrogen-bond acceptors (Lipinski definition) is 4. The Labute approximate surface area is 60.5 Å². The highest BCUT2D eigenvalue weighted by molar-refractivity contribution is 8.22. The van der Waals surface area contributed by atoms with Crippen LogP contribution in [0.1, 0.15) is 6.42 Å². The third-order valence-corrected chi connectivity index (χ3v) is 1.47. The van der Waals surface area contributed by atoms with E-state index in [0.29, 0.717) is 0 Å². The van der Waals surface area contributed by atoms with Crippen molar-refractivity contribution in [3.63, 3.8) is 0 Å². The standard InChI is InChI=1S/C4H11NO4S/c1-10(8,9)5-3-2-4(6)7/h5,8-9H,2-3H2,1H3,(H,6,7). The van der Waals surface area contributed by atoms with Crippen molar-refractivity contribution in [2.24, 2.45) is 0 Å². The first-order valence-corrected chi connectivity index (χ1v) is 4.57. The van der Waals surface area contributed by atoms with Gasteiger partial charge in [-0.15, -0.1) is 10.8 Å². The average molecular weight is 169 g/mol. The molecule has 0 rings (SSSR count). The van der Waals surface area contributed by atoms with Gasteiger partial charge >= 0.3 is 5.97 Å². The van der Waals surface area contributed by atoms with Gasteiger partial charge in [0.05, 0.1) is 6.42 Å². The summed E-state index contributed by atoms with van der Waals surface area (Å²) in [7, 11) is -2.73. The summed E-state index contributed by atoms with van der Waals surface area (Å²) in [4.78, 5) is 9.89. The maximum Gasteiger partial charge on any atom is 0.304 e. The van der Waals surface area contributed by atoms with Crippen molar-refractivity contribution in [1.82, 2.24) is 4.72 Å². The van der Waals surface area contributed by atoms with Crippen molar-refractivity contribution in [3.8, 4) is 0 Å². The molecule has 62 valence electrons. The van der Waals surface area contributed by atoms with Gasteiger partial charge in [-0.2, -0.15) is 0 Å². The van der Waals surface area contributed by atoms with E-state index in [2.05, 4.69) is 4.72 Å². The van der Waals surface area contributed by atoms with Crippen LogP contribution in [0.4, 0.5) is 0 Å². The van der Waals surface area contributed by atoms with Gasteiger partial charge in [-0.05, 0) is 0 Å². The zero-order valence-corrected chi connectivity index (χ0v) is 6.39. The van der Waals surface area contributed by atoms with Crippen LogP contribution in [-0.2, 0) is 4.79 Å². The second-order valence-corrected chi connectivity index (χ2v) is 3.83. The van der Waals surface area contributed by atoms with Gasteiger partial charge in [0.15, 0.2) is 0 Å². The summed E-state index contributed by atoms with van der Waals surface area (Å²) < 4.78 is 19.6. The zero-order valence-electron chi connectivity index (χ0n) is 5.57. The topological polar surface area (TPSA) is 89.8 Å². The molecule has 0 heterocycles. The van der Waals surface area contributed by atoms with Crippen LogP contribution in [0.2, 0.25) is 0 Å². The monoisotopic (exact) mass is 169 g/mol. The van der Waals surface area contributed by atoms with Crippen molar-refractivity contribution >= 4 is 16.7 Å². The van der Waals surface area contributed by atoms with Crippen molar-refractivity contribution in [1.29, 1.82) is 0 Å². The largest absolute Gasteiger partial charge is 0.481 e. The molecule has 0 atom stereocenters. The van der Waals surface area contributed by atoms with E-state index >= 15 is 0 Å². The van der Waals surface area contributed by atoms with Gasteiger partial charge < -0.3 is 5.11 Å². The van der Waals surface area contributed by atoms with Crippen LogP contribution in [0.25, 0.3) is 0 Å². The van der Waals surface area contributed by atoms with Gasteiger partial charge in [0.25, 0.3) is 0 Å². The minimum atomic E-state index is -2.73. The second-order valence-electron chi connectivity index (χ2n) is 1.87. The summed E-state index contributed by atoms with van der Waals surface area (Å²) in [5.41, 5.74) is 0. The molecule has 0 bridgehead atoms. The lowest BCUT2D eigenvalue weighted by Crippen LogP contribution is -2.21. The third-order valence-electron chi connectivity index (χ3n) is 0.714. The summed E-state index contributed by atoms with van der Waals surface area (Å²) in [6.07, 6.45) is 1.10. The highest BCUT2D eigenvalue weighted by Gasteiger charge is 2.02. The van der Waals surface area contributed by atoms with Crippen molar-refractivity contribution in [3.05, 3.63) is 0 Å². The van der Waals surface area contributed by atoms with Crippen LogP contribution in [0.3, 0.4) is 0 Å². The van der Waals surface area contributed by atoms with Crippen LogP contribution in [-0.4, -0.2) is 33.0 Å². The maximum absolute atomic E-state index is 9.89. The van der Waals surface area contributed by atoms with Gasteiger partial charge in [0.1, 0.15) is 0 Å². The molecule has 0 spiro atoms. The molecule has 0 unspecified atom stereocenters. The van der Waals surface area contributed by atoms with Gasteiger partial charge in [0, 0.05) is 12.8 Å². The fourth-order valence-electron chi connectivity index (χ4n) is 0.351. The quantitative estimate of drug-likeness (QED) is 0.487. The zero-order chi connectivity index (χ0) is 8.20. The Hall–Kier alpha value is -0.300. The van der Waals surface area contributed by atoms with E-state index in [4.69, 9.17) is 14.2 Å². The molecule has 0 aliphatic rings. The Kier molecular flexibility index (Phi) is 3.66. The van der Waals surface area contributed by atoms with E-state index in [1.54, 1.807) is 0 Å². The molecule has 0 saturated heterocycles. The lowest BCUT2D eigenvalue weighted by atomic mass is 10.5. The Morgan fingerprint density at radius 3 is 2.40 bits per heavy atom. The van der Waals surface area contributed by atoms with Gasteiger partial charge in [-0.3, -0.25) is 13.9 Å². The molecule has 10 heavy (non-hydrogen) atoms. The molecule has 5 nitrogen and oxygen atoms in total. The molecule has 0 amide bonds. The van der Waals surface area contributed by atoms with E-state index < -0.39 is 16.7 Å². The summed E-state index contributed by atoms with van der Waals surface area (Å²) in [5.74, 6) is -0.962. The molecule has 0 aromatic heterocycles. The van der Waals surface area contributed by atoms with E-state index in [1.165, 1.54) is 6.26 Å². The molecule has 0 aromatic rings. The van der Waals surface area contributed by atoms with Gasteiger partial charge in [-0.1, -0.05) is 0 Å². The molecule has 0 saturated carbocycles. The Balaban J connectivity index is 3.29. The normalized spacial score (nSPS) is 13.1. The minimum Gasteiger partial charge on any atom is -0.481 e. The molecule has 0 aliphatic carbocycles. The number of nitrogens with one attached hydrogen (secondary N) is 1. The summed E-state index contributed by atoms with van der Waals surface area (Å²) in [6, 6.07) is 0. The predicted octanol–water partition coefficient (Wildman–Crippen LogP) is 0.346. The first-order chi connectivity index (χ1) is 4.42. The number of aliphatic carboxylic acids is 1. The van der Waals surface area contributed by atoms with E-state index in [1.807, 2.05) is 0 Å². The minimum absolute atomic E-state index is 0.0775. The van der Waals surface area contributed by atoms with Crippen LogP contribution in [0.5, 0.6) is 0 Å². The predicted molar refractivity (Wildman–Crippen MR) is 39.0 cm³/mol. The SMILES string of the molecule is CS(O)(O)NCCC(=O)O. The molecule has 0 radical (unpaired) electrons. The number of carbonyl (C=O) groups is 1. The van der Waals surface area contributed by atoms with Gasteiger partial charge in [0.2, 0.25) is 0 Å². The highest BCUT2D eigenvalue weighted by atomic mass is 32.3. The molecule has 0 fully saturated rings. The van der Waals surface area contributed by atoms with Crippen molar-refractivity contribution in [2.75, 3.05) is 12.8 Å². The van der Waals surface area contributed by atoms with Crippen LogP contribution >= 0.6 is 10.8 Å². The number of hydrogen-bond donors (Lipinski definition) is 4. The number of rotatable bonds is 4. The second kappa shape index (κ2) is 3.77. The molecule has 0 aliphatic heterocycles. The lowest BCUT2D eigenvalue weighted by molar-refractivity contribution is -0.136. The summed E-state index contributed by atoms with van der Waals surface area (Å²) >= 11 is 0. The van der Waals surface area contributed by atoms with E-state index in [0.717, 1.165) is 0 Å². The van der Waals surface area contributed by atoms with Crippen LogP contribution < -0.4 is 4.72 Å². The third kappa shape index (κ3) is 7.70. The first kappa shape index (κ1) is 9.70. The Morgan fingerprint density at radius 2 is 2.10 bits per heavy atom. The molecule has 0 aromatic carbocycles. The van der Waals surface area contributed by atoms with E-state index in [9.17, 15) is 4.79 Å². The highest BCUT2D eigenvalue weighted by Crippen LogP contribution is 2.26. The first-order valence-electron chi connectivity index (χ1n) is 2.61.